The van der Waals surface area contributed by atoms with Crippen LogP contribution < -0.4 is 5.32 Å². The predicted octanol–water partition coefficient (Wildman–Crippen LogP) is 7.82. The number of nitrogens with zero attached hydrogens (tertiary/aromatic N) is 3. The fraction of sp³-hybridized carbons (Fsp3) is 0.0909. The van der Waals surface area contributed by atoms with Gasteiger partial charge in [-0.15, -0.1) is 0 Å². The molecule has 0 fully saturated rings. The van der Waals surface area contributed by atoms with E-state index in [1.54, 1.807) is 6.34 Å². The first-order valence-electron chi connectivity index (χ1n) is 13.0. The van der Waals surface area contributed by atoms with E-state index < -0.39 is 10.0 Å². The van der Waals surface area contributed by atoms with Gasteiger partial charge in [0.05, 0.1) is 11.9 Å². The summed E-state index contributed by atoms with van der Waals surface area (Å²) in [5, 5.41) is 5.31. The molecule has 5 aromatic rings. The van der Waals surface area contributed by atoms with E-state index in [4.69, 9.17) is 9.98 Å². The molecular weight excluding hydrogens is 484 g/mol. The van der Waals surface area contributed by atoms with E-state index in [0.717, 1.165) is 18.0 Å². The highest BCUT2D eigenvalue weighted by atomic mass is 32.3. The number of amidine groups is 1. The molecule has 7 rings (SSSR count). The number of benzene rings is 4. The second-order valence-corrected chi connectivity index (χ2v) is 12.5. The predicted molar refractivity (Wildman–Crippen MR) is 160 cm³/mol. The fourth-order valence-corrected chi connectivity index (χ4v) is 9.32. The zero-order valence-electron chi connectivity index (χ0n) is 21.0. The van der Waals surface area contributed by atoms with Gasteiger partial charge in [-0.1, -0.05) is 76.8 Å². The molecule has 0 amide bonds. The molecule has 38 heavy (non-hydrogen) atoms. The summed E-state index contributed by atoms with van der Waals surface area (Å²) in [4.78, 5) is 13.6. The van der Waals surface area contributed by atoms with E-state index in [-0.39, 0.29) is 0 Å². The average Bonchev–Trinajstić information content (AvgIpc) is 3.34. The molecule has 186 valence electrons. The summed E-state index contributed by atoms with van der Waals surface area (Å²) in [7, 11) is -1.93. The summed E-state index contributed by atoms with van der Waals surface area (Å²) in [5.74, 6) is 0. The van der Waals surface area contributed by atoms with Crippen molar-refractivity contribution in [2.24, 2.45) is 9.98 Å². The number of aromatic nitrogens is 1. The standard InChI is InChI=1S/C33H28N4S/c1-4-12-25(13-5-1)37-31-19-11-10-18-29(31)30-22-28(20-21-32(30)37)38(26-14-6-2-7-15-26,27-16-8-3-9-17-27)33-35-23-34-24-36-33/h1-10,12-18,20-23H,11,19,24H2,(H,34,35,36). The molecule has 0 radical (unpaired) electrons. The van der Waals surface area contributed by atoms with Gasteiger partial charge in [0, 0.05) is 37.0 Å². The van der Waals surface area contributed by atoms with E-state index in [9.17, 15) is 0 Å². The van der Waals surface area contributed by atoms with E-state index in [0.29, 0.717) is 6.67 Å². The Morgan fingerprint density at radius 1 is 0.737 bits per heavy atom. The van der Waals surface area contributed by atoms with E-state index in [1.807, 2.05) is 0 Å². The topological polar surface area (TPSA) is 41.7 Å². The van der Waals surface area contributed by atoms with Gasteiger partial charge in [0.15, 0.2) is 5.17 Å². The van der Waals surface area contributed by atoms with Gasteiger partial charge in [-0.25, -0.2) is 9.98 Å². The molecule has 1 N–H and O–H groups in total. The largest absolute Gasteiger partial charge is 0.357 e. The number of nitrogens with one attached hydrogen (secondary N) is 1. The fourth-order valence-electron chi connectivity index (χ4n) is 5.71. The van der Waals surface area contributed by atoms with Crippen molar-refractivity contribution in [3.63, 3.8) is 0 Å². The van der Waals surface area contributed by atoms with Crippen molar-refractivity contribution in [2.75, 3.05) is 6.67 Å². The summed E-state index contributed by atoms with van der Waals surface area (Å²) in [6.45, 7) is 0.526. The van der Waals surface area contributed by atoms with E-state index >= 15 is 0 Å². The highest BCUT2D eigenvalue weighted by Gasteiger charge is 2.37. The van der Waals surface area contributed by atoms with Crippen LogP contribution in [0.15, 0.2) is 140 Å². The molecule has 2 aliphatic rings. The molecule has 4 nitrogen and oxygen atoms in total. The third-order valence-electron chi connectivity index (χ3n) is 7.32. The van der Waals surface area contributed by atoms with Crippen molar-refractivity contribution in [2.45, 2.75) is 27.5 Å². The lowest BCUT2D eigenvalue weighted by molar-refractivity contribution is 0.888. The van der Waals surface area contributed by atoms with Crippen LogP contribution in [-0.4, -0.2) is 22.7 Å². The Balaban J connectivity index is 1.57. The minimum Gasteiger partial charge on any atom is -0.357 e. The number of para-hydroxylation sites is 1. The first-order valence-corrected chi connectivity index (χ1v) is 14.6. The normalized spacial score (nSPS) is 15.1. The van der Waals surface area contributed by atoms with Crippen molar-refractivity contribution in [3.8, 4) is 5.69 Å². The first kappa shape index (κ1) is 22.8. The third kappa shape index (κ3) is 3.54. The summed E-state index contributed by atoms with van der Waals surface area (Å²) in [5.41, 5.74) is 5.14. The summed E-state index contributed by atoms with van der Waals surface area (Å²) in [6, 6.07) is 39.4. The minimum atomic E-state index is -1.93. The van der Waals surface area contributed by atoms with Gasteiger partial charge in [0.25, 0.3) is 0 Å². The summed E-state index contributed by atoms with van der Waals surface area (Å²) >= 11 is 0. The molecule has 0 spiro atoms. The maximum atomic E-state index is 4.98. The molecule has 1 aromatic heterocycles. The minimum absolute atomic E-state index is 0.526. The van der Waals surface area contributed by atoms with Gasteiger partial charge in [0.2, 0.25) is 0 Å². The van der Waals surface area contributed by atoms with E-state index in [2.05, 4.69) is 131 Å². The van der Waals surface area contributed by atoms with Crippen LogP contribution >= 0.6 is 10.0 Å². The van der Waals surface area contributed by atoms with Crippen molar-refractivity contribution in [1.82, 2.24) is 9.88 Å². The molecule has 0 bridgehead atoms. The Bertz CT molecular complexity index is 1660. The highest BCUT2D eigenvalue weighted by molar-refractivity contribution is 8.45. The molecule has 4 aromatic carbocycles. The van der Waals surface area contributed by atoms with Crippen molar-refractivity contribution in [1.29, 1.82) is 0 Å². The zero-order chi connectivity index (χ0) is 25.4. The van der Waals surface area contributed by atoms with Gasteiger partial charge in [0.1, 0.15) is 6.67 Å². The maximum Gasteiger partial charge on any atom is 0.180 e. The Labute approximate surface area is 224 Å². The quantitative estimate of drug-likeness (QED) is 0.262. The van der Waals surface area contributed by atoms with Crippen molar-refractivity contribution < 1.29 is 0 Å². The van der Waals surface area contributed by atoms with Crippen LogP contribution in [0.2, 0.25) is 0 Å². The van der Waals surface area contributed by atoms with Crippen LogP contribution in [0.1, 0.15) is 17.7 Å². The average molecular weight is 513 g/mol. The molecule has 0 atom stereocenters. The number of hydrogen-bond acceptors (Lipinski definition) is 3. The second kappa shape index (κ2) is 9.51. The van der Waals surface area contributed by atoms with Crippen LogP contribution in [0.5, 0.6) is 0 Å². The lowest BCUT2D eigenvalue weighted by Crippen LogP contribution is -2.23. The van der Waals surface area contributed by atoms with Gasteiger partial charge in [-0.2, -0.15) is 0 Å². The Hall–Kier alpha value is -4.35. The molecule has 5 heteroatoms. The number of hydrogen-bond donors (Lipinski definition) is 1. The van der Waals surface area contributed by atoms with Gasteiger partial charge < -0.3 is 9.88 Å². The van der Waals surface area contributed by atoms with Crippen LogP contribution in [-0.2, 0) is 6.42 Å². The molecule has 0 saturated carbocycles. The molecule has 0 saturated heterocycles. The molecule has 0 unspecified atom stereocenters. The Kier molecular flexibility index (Phi) is 5.71. The molecule has 1 aliphatic carbocycles. The van der Waals surface area contributed by atoms with Gasteiger partial charge in [-0.3, -0.25) is 0 Å². The number of aliphatic imine (C=N–C) groups is 2. The monoisotopic (exact) mass is 512 g/mol. The molecule has 1 aliphatic heterocycles. The zero-order valence-corrected chi connectivity index (χ0v) is 21.8. The van der Waals surface area contributed by atoms with Crippen molar-refractivity contribution in [3.05, 3.63) is 127 Å². The van der Waals surface area contributed by atoms with Crippen molar-refractivity contribution >= 4 is 38.5 Å². The molecule has 2 heterocycles. The van der Waals surface area contributed by atoms with Crippen LogP contribution in [0.25, 0.3) is 22.7 Å². The second-order valence-electron chi connectivity index (χ2n) is 9.45. The third-order valence-corrected chi connectivity index (χ3v) is 11.0. The Morgan fingerprint density at radius 3 is 2.08 bits per heavy atom. The Morgan fingerprint density at radius 2 is 1.42 bits per heavy atom. The van der Waals surface area contributed by atoms with E-state index in [1.165, 1.54) is 42.5 Å². The van der Waals surface area contributed by atoms with Crippen LogP contribution in [0.3, 0.4) is 0 Å². The maximum absolute atomic E-state index is 4.98. The molecular formula is C33H28N4S. The van der Waals surface area contributed by atoms with Crippen LogP contribution in [0, 0.1) is 0 Å². The number of rotatable bonds is 4. The summed E-state index contributed by atoms with van der Waals surface area (Å²) in [6.07, 6.45) is 8.50. The first-order chi connectivity index (χ1) is 18.9. The highest BCUT2D eigenvalue weighted by Crippen LogP contribution is 2.70. The smallest absolute Gasteiger partial charge is 0.180 e. The van der Waals surface area contributed by atoms with Gasteiger partial charge in [-0.05, 0) is 67.4 Å². The van der Waals surface area contributed by atoms with Crippen LogP contribution in [0.4, 0.5) is 0 Å². The number of fused-ring (bicyclic) bond motifs is 3. The lowest BCUT2D eigenvalue weighted by atomic mass is 10.0. The SMILES string of the molecule is C1=Cc2c(n(-c3ccccc3)c3ccc(S(C4=NCNC=N4)(c4ccccc4)c4ccccc4)cc23)CC1. The summed E-state index contributed by atoms with van der Waals surface area (Å²) < 4.78 is 2.44. The van der Waals surface area contributed by atoms with Gasteiger partial charge >= 0.3 is 0 Å². The lowest BCUT2D eigenvalue weighted by Gasteiger charge is -2.41. The number of allylic oxidation sites excluding steroid dienone is 1.